The third kappa shape index (κ3) is 0.969. The molecule has 0 fully saturated rings. The summed E-state index contributed by atoms with van der Waals surface area (Å²) in [5, 5.41) is 0. The summed E-state index contributed by atoms with van der Waals surface area (Å²) in [4.78, 5) is 6.55. The molecule has 0 radical (unpaired) electrons. The number of oxazole rings is 2. The van der Waals surface area contributed by atoms with Crippen LogP contribution in [0.1, 0.15) is 0 Å². The van der Waals surface area contributed by atoms with E-state index >= 15 is 0 Å². The Hall–Kier alpha value is -1.72. The molecule has 0 spiro atoms. The van der Waals surface area contributed by atoms with E-state index in [1.807, 2.05) is 0 Å². The van der Waals surface area contributed by atoms with Gasteiger partial charge in [-0.1, -0.05) is 0 Å². The van der Waals surface area contributed by atoms with Gasteiger partial charge in [0.25, 0.3) is 17.9 Å². The number of hydrogen-bond acceptors (Lipinski definition) is 4. The first kappa shape index (κ1) is 6.96. The molecule has 12 heavy (non-hydrogen) atoms. The third-order valence-corrected chi connectivity index (χ3v) is 1.20. The van der Waals surface area contributed by atoms with Crippen molar-refractivity contribution in [1.82, 2.24) is 9.97 Å². The quantitative estimate of drug-likeness (QED) is 0.655. The van der Waals surface area contributed by atoms with Gasteiger partial charge < -0.3 is 8.83 Å². The lowest BCUT2D eigenvalue weighted by molar-refractivity contribution is 0.357. The van der Waals surface area contributed by atoms with E-state index in [0.717, 1.165) is 12.6 Å². The molecule has 2 aromatic rings. The molecule has 6 heteroatoms. The Morgan fingerprint density at radius 3 is 2.58 bits per heavy atom. The molecule has 0 saturated carbocycles. The highest BCUT2D eigenvalue weighted by Gasteiger charge is 2.15. The van der Waals surface area contributed by atoms with Crippen molar-refractivity contribution < 1.29 is 17.6 Å². The average Bonchev–Trinajstić information content (AvgIpc) is 2.58. The second kappa shape index (κ2) is 2.40. The van der Waals surface area contributed by atoms with Crippen molar-refractivity contribution in [1.29, 1.82) is 0 Å². The summed E-state index contributed by atoms with van der Waals surface area (Å²) in [5.41, 5.74) is 0. The monoisotopic (exact) mass is 172 g/mol. The highest BCUT2D eigenvalue weighted by Crippen LogP contribution is 2.20. The topological polar surface area (TPSA) is 52.1 Å². The average molecular weight is 172 g/mol. The second-order valence-corrected chi connectivity index (χ2v) is 1.94. The third-order valence-electron chi connectivity index (χ3n) is 1.20. The number of nitrogens with zero attached hydrogens (tertiary/aromatic N) is 2. The zero-order valence-corrected chi connectivity index (χ0v) is 5.62. The molecule has 0 amide bonds. The normalized spacial score (nSPS) is 10.5. The van der Waals surface area contributed by atoms with Crippen LogP contribution in [0, 0.1) is 12.0 Å². The van der Waals surface area contributed by atoms with Crippen LogP contribution < -0.4 is 0 Å². The Morgan fingerprint density at radius 1 is 1.25 bits per heavy atom. The molecule has 0 aliphatic heterocycles. The van der Waals surface area contributed by atoms with Crippen LogP contribution >= 0.6 is 0 Å². The maximum atomic E-state index is 12.6. The van der Waals surface area contributed by atoms with Gasteiger partial charge in [0.2, 0.25) is 5.76 Å². The molecule has 0 bridgehead atoms. The van der Waals surface area contributed by atoms with E-state index < -0.39 is 12.0 Å². The van der Waals surface area contributed by atoms with Crippen LogP contribution in [-0.2, 0) is 0 Å². The number of aromatic nitrogens is 2. The largest absolute Gasteiger partial charge is 0.435 e. The smallest absolute Gasteiger partial charge is 0.298 e. The molecular weight excluding hydrogens is 170 g/mol. The summed E-state index contributed by atoms with van der Waals surface area (Å²) in [5.74, 6) is -1.45. The predicted octanol–water partition coefficient (Wildman–Crippen LogP) is 1.61. The molecule has 0 aliphatic carbocycles. The van der Waals surface area contributed by atoms with Crippen LogP contribution in [0.25, 0.3) is 11.7 Å². The van der Waals surface area contributed by atoms with Gasteiger partial charge in [0, 0.05) is 0 Å². The summed E-state index contributed by atoms with van der Waals surface area (Å²) < 4.78 is 33.8. The molecule has 0 aliphatic rings. The van der Waals surface area contributed by atoms with Crippen LogP contribution in [0.5, 0.6) is 0 Å². The SMILES string of the molecule is Fc1cnc(-c2ocnc2F)o1. The van der Waals surface area contributed by atoms with E-state index in [0.29, 0.717) is 0 Å². The second-order valence-electron chi connectivity index (χ2n) is 1.94. The van der Waals surface area contributed by atoms with Crippen LogP contribution in [0.3, 0.4) is 0 Å². The standard InChI is InChI=1S/C6H2F2N2O2/c7-3-1-9-6(12-3)4-5(8)10-2-11-4/h1-2H. The van der Waals surface area contributed by atoms with Gasteiger partial charge in [0.15, 0.2) is 6.39 Å². The molecule has 62 valence electrons. The van der Waals surface area contributed by atoms with Crippen molar-refractivity contribution >= 4 is 0 Å². The van der Waals surface area contributed by atoms with Crippen molar-refractivity contribution in [2.24, 2.45) is 0 Å². The molecule has 2 aromatic heterocycles. The fraction of sp³-hybridized carbons (Fsp3) is 0. The first-order chi connectivity index (χ1) is 5.77. The highest BCUT2D eigenvalue weighted by atomic mass is 19.1. The minimum Gasteiger partial charge on any atom is -0.435 e. The Kier molecular flexibility index (Phi) is 1.39. The fourth-order valence-corrected chi connectivity index (χ4v) is 0.731. The fourth-order valence-electron chi connectivity index (χ4n) is 0.731. The molecule has 2 rings (SSSR count). The highest BCUT2D eigenvalue weighted by molar-refractivity contribution is 5.41. The zero-order valence-electron chi connectivity index (χ0n) is 5.62. The molecule has 0 aromatic carbocycles. The van der Waals surface area contributed by atoms with E-state index in [1.165, 1.54) is 0 Å². The maximum absolute atomic E-state index is 12.6. The van der Waals surface area contributed by atoms with Crippen LogP contribution in [0.2, 0.25) is 0 Å². The lowest BCUT2D eigenvalue weighted by Crippen LogP contribution is -1.78. The van der Waals surface area contributed by atoms with Crippen molar-refractivity contribution in [3.05, 3.63) is 24.6 Å². The summed E-state index contributed by atoms with van der Waals surface area (Å²) in [6.45, 7) is 0. The van der Waals surface area contributed by atoms with E-state index in [4.69, 9.17) is 0 Å². The maximum Gasteiger partial charge on any atom is 0.298 e. The van der Waals surface area contributed by atoms with Gasteiger partial charge in [-0.2, -0.15) is 13.8 Å². The summed E-state index contributed by atoms with van der Waals surface area (Å²) in [6, 6.07) is -0.902. The van der Waals surface area contributed by atoms with Crippen LogP contribution in [-0.4, -0.2) is 9.97 Å². The predicted molar refractivity (Wildman–Crippen MR) is 31.9 cm³/mol. The van der Waals surface area contributed by atoms with Gasteiger partial charge in [0.1, 0.15) is 6.20 Å². The number of hydrogen-bond donors (Lipinski definition) is 0. The molecule has 2 heterocycles. The van der Waals surface area contributed by atoms with Crippen molar-refractivity contribution in [3.8, 4) is 11.7 Å². The Labute approximate surface area is 64.8 Å². The van der Waals surface area contributed by atoms with E-state index in [2.05, 4.69) is 18.8 Å². The Morgan fingerprint density at radius 2 is 2.08 bits per heavy atom. The van der Waals surface area contributed by atoms with E-state index in [1.54, 1.807) is 0 Å². The van der Waals surface area contributed by atoms with Crippen LogP contribution in [0.15, 0.2) is 21.4 Å². The minimum absolute atomic E-state index is 0.262. The lowest BCUT2D eigenvalue weighted by atomic mass is 10.5. The number of rotatable bonds is 1. The van der Waals surface area contributed by atoms with Crippen molar-refractivity contribution in [3.63, 3.8) is 0 Å². The lowest BCUT2D eigenvalue weighted by Gasteiger charge is -1.84. The summed E-state index contributed by atoms with van der Waals surface area (Å²) in [6.07, 6.45) is 1.70. The summed E-state index contributed by atoms with van der Waals surface area (Å²) in [7, 11) is 0. The van der Waals surface area contributed by atoms with Gasteiger partial charge in [-0.25, -0.2) is 4.98 Å². The van der Waals surface area contributed by atoms with Crippen molar-refractivity contribution in [2.45, 2.75) is 0 Å². The zero-order chi connectivity index (χ0) is 8.55. The van der Waals surface area contributed by atoms with Gasteiger partial charge in [0.05, 0.1) is 0 Å². The molecule has 0 atom stereocenters. The van der Waals surface area contributed by atoms with E-state index in [9.17, 15) is 8.78 Å². The van der Waals surface area contributed by atoms with E-state index in [-0.39, 0.29) is 11.7 Å². The summed E-state index contributed by atoms with van der Waals surface area (Å²) >= 11 is 0. The number of halogens is 2. The van der Waals surface area contributed by atoms with Crippen molar-refractivity contribution in [2.75, 3.05) is 0 Å². The molecule has 0 unspecified atom stereocenters. The Bertz CT molecular complexity index is 396. The molecule has 0 N–H and O–H groups in total. The van der Waals surface area contributed by atoms with Crippen LogP contribution in [0.4, 0.5) is 8.78 Å². The molecule has 4 nitrogen and oxygen atoms in total. The van der Waals surface area contributed by atoms with Gasteiger partial charge >= 0.3 is 0 Å². The minimum atomic E-state index is -0.902. The van der Waals surface area contributed by atoms with Gasteiger partial charge in [-0.15, -0.1) is 0 Å². The first-order valence-electron chi connectivity index (χ1n) is 2.98. The first-order valence-corrected chi connectivity index (χ1v) is 2.98. The Balaban J connectivity index is 2.50. The molecule has 0 saturated heterocycles. The molecular formula is C6H2F2N2O2. The van der Waals surface area contributed by atoms with Gasteiger partial charge in [-0.3, -0.25) is 0 Å². The van der Waals surface area contributed by atoms with Gasteiger partial charge in [-0.05, 0) is 0 Å².